The summed E-state index contributed by atoms with van der Waals surface area (Å²) in [6.45, 7) is 4.16. The average molecular weight is 178 g/mol. The van der Waals surface area contributed by atoms with Crippen molar-refractivity contribution in [2.45, 2.75) is 13.8 Å². The summed E-state index contributed by atoms with van der Waals surface area (Å²) in [5.41, 5.74) is 0.725. The van der Waals surface area contributed by atoms with Crippen molar-refractivity contribution < 1.29 is 9.26 Å². The van der Waals surface area contributed by atoms with Gasteiger partial charge in [-0.05, 0) is 25.1 Å². The molecule has 0 aliphatic rings. The summed E-state index contributed by atoms with van der Waals surface area (Å²) in [5, 5.41) is 12.0. The van der Waals surface area contributed by atoms with Gasteiger partial charge in [0, 0.05) is 6.08 Å². The van der Waals surface area contributed by atoms with Crippen LogP contribution in [0.2, 0.25) is 0 Å². The van der Waals surface area contributed by atoms with Crippen molar-refractivity contribution in [1.29, 1.82) is 5.26 Å². The largest absolute Gasteiger partial charge is 0.475 e. The van der Waals surface area contributed by atoms with Gasteiger partial charge in [-0.15, -0.1) is 0 Å². The lowest BCUT2D eigenvalue weighted by Crippen LogP contribution is -1.92. The summed E-state index contributed by atoms with van der Waals surface area (Å²) < 4.78 is 10.1. The molecule has 0 amide bonds. The lowest BCUT2D eigenvalue weighted by molar-refractivity contribution is 0.291. The van der Waals surface area contributed by atoms with Crippen LogP contribution in [0.25, 0.3) is 6.08 Å². The van der Waals surface area contributed by atoms with E-state index in [0.717, 1.165) is 5.56 Å². The van der Waals surface area contributed by atoms with Crippen molar-refractivity contribution in [3.05, 3.63) is 17.4 Å². The van der Waals surface area contributed by atoms with Crippen LogP contribution in [-0.4, -0.2) is 11.8 Å². The average Bonchev–Trinajstić information content (AvgIpc) is 2.45. The molecule has 0 atom stereocenters. The molecule has 13 heavy (non-hydrogen) atoms. The van der Waals surface area contributed by atoms with Crippen LogP contribution >= 0.6 is 0 Å². The second-order valence-electron chi connectivity index (χ2n) is 2.35. The normalized spacial score (nSPS) is 10.2. The molecule has 4 nitrogen and oxygen atoms in total. The van der Waals surface area contributed by atoms with Crippen molar-refractivity contribution in [2.75, 3.05) is 6.61 Å². The maximum absolute atomic E-state index is 8.35. The molecule has 1 aromatic heterocycles. The van der Waals surface area contributed by atoms with Gasteiger partial charge in [-0.3, -0.25) is 0 Å². The molecule has 0 spiro atoms. The smallest absolute Gasteiger partial charge is 0.261 e. The predicted molar refractivity (Wildman–Crippen MR) is 47.1 cm³/mol. The van der Waals surface area contributed by atoms with E-state index in [-0.39, 0.29) is 0 Å². The van der Waals surface area contributed by atoms with E-state index >= 15 is 0 Å². The lowest BCUT2D eigenvalue weighted by atomic mass is 10.2. The maximum atomic E-state index is 8.35. The number of allylic oxidation sites excluding steroid dienone is 1. The molecule has 1 rings (SSSR count). The van der Waals surface area contributed by atoms with E-state index in [1.807, 2.05) is 13.0 Å². The summed E-state index contributed by atoms with van der Waals surface area (Å²) in [6.07, 6.45) is 2.99. The van der Waals surface area contributed by atoms with Gasteiger partial charge in [0.1, 0.15) is 5.76 Å². The minimum absolute atomic E-state index is 0.437. The Hall–Kier alpha value is -1.76. The van der Waals surface area contributed by atoms with E-state index in [1.54, 1.807) is 13.0 Å². The minimum Gasteiger partial charge on any atom is -0.475 e. The first-order chi connectivity index (χ1) is 6.29. The fourth-order valence-corrected chi connectivity index (χ4v) is 0.909. The van der Waals surface area contributed by atoms with Gasteiger partial charge in [0.15, 0.2) is 0 Å². The van der Waals surface area contributed by atoms with E-state index in [0.29, 0.717) is 18.2 Å². The van der Waals surface area contributed by atoms with Gasteiger partial charge >= 0.3 is 0 Å². The van der Waals surface area contributed by atoms with Gasteiger partial charge in [0.25, 0.3) is 5.88 Å². The number of hydrogen-bond acceptors (Lipinski definition) is 4. The molecule has 0 aliphatic heterocycles. The first kappa shape index (κ1) is 9.33. The molecule has 0 aromatic carbocycles. The van der Waals surface area contributed by atoms with Crippen molar-refractivity contribution >= 4 is 6.08 Å². The summed E-state index contributed by atoms with van der Waals surface area (Å²) >= 11 is 0. The standard InChI is InChI=1S/C9H10N2O2/c1-3-12-9-8(5-4-6-10)7(2)13-11-9/h4-5H,3H2,1-2H3/b5-4+. The Bertz CT molecular complexity index is 347. The van der Waals surface area contributed by atoms with Crippen LogP contribution in [-0.2, 0) is 0 Å². The van der Waals surface area contributed by atoms with E-state index in [9.17, 15) is 0 Å². The number of nitrogens with zero attached hydrogens (tertiary/aromatic N) is 2. The highest BCUT2D eigenvalue weighted by Crippen LogP contribution is 2.21. The second kappa shape index (κ2) is 4.31. The van der Waals surface area contributed by atoms with Crippen molar-refractivity contribution in [1.82, 2.24) is 5.16 Å². The van der Waals surface area contributed by atoms with Gasteiger partial charge in [-0.1, -0.05) is 0 Å². The van der Waals surface area contributed by atoms with Crippen molar-refractivity contribution in [3.8, 4) is 11.9 Å². The molecule has 0 unspecified atom stereocenters. The first-order valence-electron chi connectivity index (χ1n) is 3.94. The van der Waals surface area contributed by atoms with Crippen molar-refractivity contribution in [3.63, 3.8) is 0 Å². The van der Waals surface area contributed by atoms with E-state index in [4.69, 9.17) is 14.5 Å². The number of nitriles is 1. The molecule has 0 saturated heterocycles. The van der Waals surface area contributed by atoms with E-state index in [1.165, 1.54) is 6.08 Å². The Morgan fingerprint density at radius 3 is 3.08 bits per heavy atom. The van der Waals surface area contributed by atoms with Crippen LogP contribution in [0, 0.1) is 18.3 Å². The minimum atomic E-state index is 0.437. The Morgan fingerprint density at radius 2 is 2.46 bits per heavy atom. The molecular weight excluding hydrogens is 168 g/mol. The molecule has 0 saturated carbocycles. The van der Waals surface area contributed by atoms with Crippen LogP contribution in [0.1, 0.15) is 18.2 Å². The van der Waals surface area contributed by atoms with Crippen LogP contribution in [0.3, 0.4) is 0 Å². The zero-order valence-corrected chi connectivity index (χ0v) is 7.57. The van der Waals surface area contributed by atoms with E-state index in [2.05, 4.69) is 5.16 Å². The number of hydrogen-bond donors (Lipinski definition) is 0. The second-order valence-corrected chi connectivity index (χ2v) is 2.35. The lowest BCUT2D eigenvalue weighted by Gasteiger charge is -1.96. The Balaban J connectivity index is 2.95. The monoisotopic (exact) mass is 178 g/mol. The zero-order valence-electron chi connectivity index (χ0n) is 7.57. The molecule has 0 bridgehead atoms. The molecular formula is C9H10N2O2. The van der Waals surface area contributed by atoms with Crippen LogP contribution in [0.4, 0.5) is 0 Å². The summed E-state index contributed by atoms with van der Waals surface area (Å²) in [5.74, 6) is 1.08. The number of aromatic nitrogens is 1. The van der Waals surface area contributed by atoms with Gasteiger partial charge in [-0.2, -0.15) is 5.26 Å². The molecule has 0 N–H and O–H groups in total. The molecule has 0 fully saturated rings. The Morgan fingerprint density at radius 1 is 1.69 bits per heavy atom. The summed E-state index contributed by atoms with van der Waals surface area (Å²) in [6, 6.07) is 1.90. The van der Waals surface area contributed by atoms with Crippen molar-refractivity contribution in [2.24, 2.45) is 0 Å². The predicted octanol–water partition coefficient (Wildman–Crippen LogP) is 1.92. The molecule has 0 aliphatic carbocycles. The van der Waals surface area contributed by atoms with E-state index < -0.39 is 0 Å². The molecule has 4 heteroatoms. The summed E-state index contributed by atoms with van der Waals surface area (Å²) in [7, 11) is 0. The quantitative estimate of drug-likeness (QED) is 0.663. The zero-order chi connectivity index (χ0) is 9.68. The molecule has 1 aromatic rings. The topological polar surface area (TPSA) is 59.1 Å². The molecule has 1 heterocycles. The summed E-state index contributed by atoms with van der Waals surface area (Å²) in [4.78, 5) is 0. The third kappa shape index (κ3) is 2.09. The fraction of sp³-hybridized carbons (Fsp3) is 0.333. The van der Waals surface area contributed by atoms with Crippen LogP contribution in [0.15, 0.2) is 10.6 Å². The highest BCUT2D eigenvalue weighted by atomic mass is 16.5. The third-order valence-corrected chi connectivity index (χ3v) is 1.48. The Labute approximate surface area is 76.4 Å². The van der Waals surface area contributed by atoms with Gasteiger partial charge in [0.2, 0.25) is 0 Å². The molecule has 68 valence electrons. The third-order valence-electron chi connectivity index (χ3n) is 1.48. The highest BCUT2D eigenvalue weighted by Gasteiger charge is 2.09. The SMILES string of the molecule is CCOc1noc(C)c1/C=C/C#N. The Kier molecular flexibility index (Phi) is 3.09. The maximum Gasteiger partial charge on any atom is 0.261 e. The highest BCUT2D eigenvalue weighted by molar-refractivity contribution is 5.58. The molecule has 0 radical (unpaired) electrons. The van der Waals surface area contributed by atoms with Gasteiger partial charge in [-0.25, -0.2) is 0 Å². The number of rotatable bonds is 3. The van der Waals surface area contributed by atoms with Gasteiger partial charge in [0.05, 0.1) is 18.2 Å². The van der Waals surface area contributed by atoms with Crippen LogP contribution in [0.5, 0.6) is 5.88 Å². The number of ether oxygens (including phenoxy) is 1. The first-order valence-corrected chi connectivity index (χ1v) is 3.94. The van der Waals surface area contributed by atoms with Gasteiger partial charge < -0.3 is 9.26 Å². The fourth-order valence-electron chi connectivity index (χ4n) is 0.909. The number of aryl methyl sites for hydroxylation is 1. The van der Waals surface area contributed by atoms with Crippen LogP contribution < -0.4 is 4.74 Å².